The molecule has 3 rings (SSSR count). The standard InChI is InChI=1S/C14H22O2/c1-5-6-11(15)16-13-10-8-7-9(2)12(13)14(10,3)4/h7,10,12-13H,5-6,8H2,1-4H3/t10-,12+,13?/m0/s1. The van der Waals surface area contributed by atoms with Gasteiger partial charge in [-0.05, 0) is 25.2 Å². The third-order valence-electron chi connectivity index (χ3n) is 4.39. The summed E-state index contributed by atoms with van der Waals surface area (Å²) in [4.78, 5) is 11.6. The van der Waals surface area contributed by atoms with E-state index in [9.17, 15) is 4.79 Å². The van der Waals surface area contributed by atoms with Gasteiger partial charge in [-0.3, -0.25) is 4.79 Å². The highest BCUT2D eigenvalue weighted by molar-refractivity contribution is 5.69. The van der Waals surface area contributed by atoms with Gasteiger partial charge in [0, 0.05) is 18.3 Å². The molecule has 0 N–H and O–H groups in total. The first-order valence-electron chi connectivity index (χ1n) is 6.34. The maximum Gasteiger partial charge on any atom is 0.306 e. The summed E-state index contributed by atoms with van der Waals surface area (Å²) in [6, 6.07) is 0. The lowest BCUT2D eigenvalue weighted by Crippen LogP contribution is -2.61. The maximum atomic E-state index is 11.6. The summed E-state index contributed by atoms with van der Waals surface area (Å²) in [6.07, 6.45) is 4.96. The second kappa shape index (κ2) is 3.90. The molecule has 90 valence electrons. The van der Waals surface area contributed by atoms with Crippen molar-refractivity contribution in [3.63, 3.8) is 0 Å². The second-order valence-electron chi connectivity index (χ2n) is 5.79. The van der Waals surface area contributed by atoms with Crippen LogP contribution in [0.1, 0.15) is 47.0 Å². The van der Waals surface area contributed by atoms with Crippen LogP contribution in [-0.4, -0.2) is 12.1 Å². The molecule has 0 aromatic carbocycles. The number of fused-ring (bicyclic) bond motifs is 1. The van der Waals surface area contributed by atoms with Crippen molar-refractivity contribution in [2.24, 2.45) is 17.3 Å². The molecular weight excluding hydrogens is 200 g/mol. The van der Waals surface area contributed by atoms with Gasteiger partial charge < -0.3 is 4.74 Å². The van der Waals surface area contributed by atoms with Crippen LogP contribution in [0.15, 0.2) is 11.6 Å². The molecule has 0 amide bonds. The molecule has 0 heterocycles. The summed E-state index contributed by atoms with van der Waals surface area (Å²) in [5.41, 5.74) is 1.72. The maximum absolute atomic E-state index is 11.6. The predicted octanol–water partition coefficient (Wildman–Crippen LogP) is 3.32. The van der Waals surface area contributed by atoms with Gasteiger partial charge >= 0.3 is 5.97 Å². The van der Waals surface area contributed by atoms with Crippen LogP contribution in [-0.2, 0) is 9.53 Å². The smallest absolute Gasteiger partial charge is 0.306 e. The molecule has 0 radical (unpaired) electrons. The molecule has 16 heavy (non-hydrogen) atoms. The third kappa shape index (κ3) is 1.59. The summed E-state index contributed by atoms with van der Waals surface area (Å²) >= 11 is 0. The molecule has 0 aliphatic heterocycles. The van der Waals surface area contributed by atoms with Crippen LogP contribution in [0, 0.1) is 17.3 Å². The van der Waals surface area contributed by atoms with E-state index in [2.05, 4.69) is 26.8 Å². The van der Waals surface area contributed by atoms with Gasteiger partial charge in [-0.1, -0.05) is 32.4 Å². The fourth-order valence-corrected chi connectivity index (χ4v) is 3.48. The summed E-state index contributed by atoms with van der Waals surface area (Å²) < 4.78 is 5.62. The van der Waals surface area contributed by atoms with E-state index in [1.807, 2.05) is 6.92 Å². The van der Waals surface area contributed by atoms with Gasteiger partial charge in [-0.2, -0.15) is 0 Å². The molecule has 2 nitrogen and oxygen atoms in total. The summed E-state index contributed by atoms with van der Waals surface area (Å²) in [5.74, 6) is 0.960. The van der Waals surface area contributed by atoms with Crippen molar-refractivity contribution in [1.29, 1.82) is 0 Å². The minimum Gasteiger partial charge on any atom is -0.461 e. The number of hydrogen-bond acceptors (Lipinski definition) is 2. The van der Waals surface area contributed by atoms with E-state index >= 15 is 0 Å². The average molecular weight is 222 g/mol. The molecule has 1 saturated carbocycles. The Morgan fingerprint density at radius 2 is 2.25 bits per heavy atom. The van der Waals surface area contributed by atoms with Gasteiger partial charge in [0.15, 0.2) is 0 Å². The topological polar surface area (TPSA) is 26.3 Å². The second-order valence-corrected chi connectivity index (χ2v) is 5.79. The van der Waals surface area contributed by atoms with Crippen molar-refractivity contribution >= 4 is 5.97 Å². The molecule has 0 spiro atoms. The number of hydrogen-bond donors (Lipinski definition) is 0. The Morgan fingerprint density at radius 1 is 1.56 bits per heavy atom. The Bertz CT molecular complexity index is 328. The lowest BCUT2D eigenvalue weighted by atomic mass is 9.47. The van der Waals surface area contributed by atoms with Gasteiger partial charge in [0.2, 0.25) is 0 Å². The molecule has 3 aliphatic carbocycles. The van der Waals surface area contributed by atoms with E-state index in [0.29, 0.717) is 23.7 Å². The van der Waals surface area contributed by atoms with Crippen LogP contribution in [0.4, 0.5) is 0 Å². The molecule has 2 heteroatoms. The zero-order valence-electron chi connectivity index (χ0n) is 10.7. The molecule has 0 aromatic heterocycles. The Hall–Kier alpha value is -0.790. The van der Waals surface area contributed by atoms with Crippen LogP contribution < -0.4 is 0 Å². The zero-order valence-corrected chi connectivity index (χ0v) is 10.7. The lowest BCUT2D eigenvalue weighted by Gasteiger charge is -2.60. The average Bonchev–Trinajstić information content (AvgIpc) is 2.16. The van der Waals surface area contributed by atoms with Gasteiger partial charge in [0.25, 0.3) is 0 Å². The van der Waals surface area contributed by atoms with Gasteiger partial charge in [0.05, 0.1) is 0 Å². The van der Waals surface area contributed by atoms with Gasteiger partial charge in [-0.15, -0.1) is 0 Å². The SMILES string of the molecule is CCCC(=O)OC1[C@H]2C(C)=CC[C@@H]1C2(C)C. The fraction of sp³-hybridized carbons (Fsp3) is 0.786. The highest BCUT2D eigenvalue weighted by Gasteiger charge is 2.60. The van der Waals surface area contributed by atoms with Gasteiger partial charge in [-0.25, -0.2) is 0 Å². The molecule has 0 aromatic rings. The minimum absolute atomic E-state index is 0.0206. The van der Waals surface area contributed by atoms with E-state index in [1.165, 1.54) is 5.57 Å². The summed E-state index contributed by atoms with van der Waals surface area (Å²) in [6.45, 7) is 8.77. The van der Waals surface area contributed by atoms with Crippen molar-refractivity contribution in [1.82, 2.24) is 0 Å². The van der Waals surface area contributed by atoms with E-state index in [1.54, 1.807) is 0 Å². The molecule has 3 atom stereocenters. The monoisotopic (exact) mass is 222 g/mol. The number of allylic oxidation sites excluding steroid dienone is 1. The largest absolute Gasteiger partial charge is 0.461 e. The van der Waals surface area contributed by atoms with Crippen molar-refractivity contribution < 1.29 is 9.53 Å². The Morgan fingerprint density at radius 3 is 2.75 bits per heavy atom. The first kappa shape index (κ1) is 11.7. The third-order valence-corrected chi connectivity index (χ3v) is 4.39. The van der Waals surface area contributed by atoms with Crippen LogP contribution in [0.25, 0.3) is 0 Å². The van der Waals surface area contributed by atoms with Crippen molar-refractivity contribution in [3.8, 4) is 0 Å². The molecular formula is C14H22O2. The number of carbonyl (C=O) groups excluding carboxylic acids is 1. The van der Waals surface area contributed by atoms with Crippen molar-refractivity contribution in [3.05, 3.63) is 11.6 Å². The summed E-state index contributed by atoms with van der Waals surface area (Å²) in [7, 11) is 0. The minimum atomic E-state index is -0.0206. The molecule has 1 unspecified atom stereocenters. The highest BCUT2D eigenvalue weighted by Crippen LogP contribution is 2.60. The zero-order chi connectivity index (χ0) is 11.9. The van der Waals surface area contributed by atoms with Crippen LogP contribution >= 0.6 is 0 Å². The number of rotatable bonds is 3. The Labute approximate surface area is 98.1 Å². The molecule has 3 aliphatic rings. The number of esters is 1. The van der Waals surface area contributed by atoms with Gasteiger partial charge in [0.1, 0.15) is 6.10 Å². The molecule has 2 bridgehead atoms. The lowest BCUT2D eigenvalue weighted by molar-refractivity contribution is -0.192. The Balaban J connectivity index is 2.05. The van der Waals surface area contributed by atoms with E-state index in [-0.39, 0.29) is 12.1 Å². The highest BCUT2D eigenvalue weighted by atomic mass is 16.5. The quantitative estimate of drug-likeness (QED) is 0.541. The Kier molecular flexibility index (Phi) is 2.85. The van der Waals surface area contributed by atoms with E-state index < -0.39 is 0 Å². The molecule has 0 saturated heterocycles. The first-order chi connectivity index (χ1) is 7.48. The van der Waals surface area contributed by atoms with Crippen molar-refractivity contribution in [2.45, 2.75) is 53.1 Å². The van der Waals surface area contributed by atoms with Crippen molar-refractivity contribution in [2.75, 3.05) is 0 Å². The van der Waals surface area contributed by atoms with E-state index in [4.69, 9.17) is 4.74 Å². The summed E-state index contributed by atoms with van der Waals surface area (Å²) in [5, 5.41) is 0. The first-order valence-corrected chi connectivity index (χ1v) is 6.34. The van der Waals surface area contributed by atoms with Crippen LogP contribution in [0.3, 0.4) is 0 Å². The normalized spacial score (nSPS) is 35.0. The number of ether oxygens (including phenoxy) is 1. The van der Waals surface area contributed by atoms with E-state index in [0.717, 1.165) is 12.8 Å². The number of carbonyl (C=O) groups is 1. The van der Waals surface area contributed by atoms with Crippen LogP contribution in [0.2, 0.25) is 0 Å². The van der Waals surface area contributed by atoms with Crippen LogP contribution in [0.5, 0.6) is 0 Å². The molecule has 1 fully saturated rings. The predicted molar refractivity (Wildman–Crippen MR) is 63.9 cm³/mol. The fourth-order valence-electron chi connectivity index (χ4n) is 3.48.